The van der Waals surface area contributed by atoms with Gasteiger partial charge in [0.25, 0.3) is 0 Å². The molecule has 0 spiro atoms. The first kappa shape index (κ1) is 17.1. The average molecular weight is 365 g/mol. The molecule has 0 saturated carbocycles. The van der Waals surface area contributed by atoms with Crippen molar-refractivity contribution in [1.29, 1.82) is 0 Å². The first-order valence-corrected chi connectivity index (χ1v) is 8.59. The lowest BCUT2D eigenvalue weighted by Gasteiger charge is -2.14. The number of fused-ring (bicyclic) bond motifs is 1. The van der Waals surface area contributed by atoms with E-state index in [0.29, 0.717) is 11.5 Å². The van der Waals surface area contributed by atoms with Gasteiger partial charge in [0.1, 0.15) is 5.52 Å². The molecular weight excluding hydrogens is 348 g/mol. The summed E-state index contributed by atoms with van der Waals surface area (Å²) in [4.78, 5) is 8.64. The SMILES string of the molecule is CCn1nccc1-c1ccccc1Nc1nc2ccc(F)c(F)c2nc1C. The van der Waals surface area contributed by atoms with Gasteiger partial charge in [-0.25, -0.2) is 18.7 Å². The Hall–Kier alpha value is -3.35. The molecule has 0 unspecified atom stereocenters. The van der Waals surface area contributed by atoms with Crippen LogP contribution in [0.25, 0.3) is 22.3 Å². The number of nitrogens with zero attached hydrogens (tertiary/aromatic N) is 4. The Morgan fingerprint density at radius 3 is 2.67 bits per heavy atom. The molecule has 27 heavy (non-hydrogen) atoms. The Bertz CT molecular complexity index is 1140. The molecule has 4 rings (SSSR count). The average Bonchev–Trinajstić information content (AvgIpc) is 3.15. The quantitative estimate of drug-likeness (QED) is 0.562. The maximum atomic E-state index is 14.0. The van der Waals surface area contributed by atoms with Crippen molar-refractivity contribution in [3.8, 4) is 11.3 Å². The smallest absolute Gasteiger partial charge is 0.186 e. The normalized spacial score (nSPS) is 11.1. The monoisotopic (exact) mass is 365 g/mol. The highest BCUT2D eigenvalue weighted by atomic mass is 19.2. The van der Waals surface area contributed by atoms with E-state index in [2.05, 4.69) is 20.4 Å². The topological polar surface area (TPSA) is 55.6 Å². The van der Waals surface area contributed by atoms with E-state index in [0.717, 1.165) is 29.6 Å². The summed E-state index contributed by atoms with van der Waals surface area (Å²) in [5.74, 6) is -1.43. The summed E-state index contributed by atoms with van der Waals surface area (Å²) in [6.45, 7) is 4.48. The van der Waals surface area contributed by atoms with E-state index in [-0.39, 0.29) is 11.0 Å². The minimum atomic E-state index is -0.984. The summed E-state index contributed by atoms with van der Waals surface area (Å²) >= 11 is 0. The molecular formula is C20H17F2N5. The summed E-state index contributed by atoms with van der Waals surface area (Å²) in [6, 6.07) is 12.2. The van der Waals surface area contributed by atoms with Crippen molar-refractivity contribution >= 4 is 22.5 Å². The second-order valence-corrected chi connectivity index (χ2v) is 6.09. The van der Waals surface area contributed by atoms with E-state index in [1.54, 1.807) is 13.1 Å². The maximum absolute atomic E-state index is 14.0. The number of nitrogens with one attached hydrogen (secondary N) is 1. The van der Waals surface area contributed by atoms with E-state index in [4.69, 9.17) is 0 Å². The van der Waals surface area contributed by atoms with Crippen LogP contribution < -0.4 is 5.32 Å². The van der Waals surface area contributed by atoms with Crippen LogP contribution in [0.5, 0.6) is 0 Å². The summed E-state index contributed by atoms with van der Waals surface area (Å²) in [5, 5.41) is 7.60. The molecule has 0 aliphatic heterocycles. The molecule has 0 amide bonds. The van der Waals surface area contributed by atoms with Crippen molar-refractivity contribution in [2.45, 2.75) is 20.4 Å². The summed E-state index contributed by atoms with van der Waals surface area (Å²) < 4.78 is 29.3. The van der Waals surface area contributed by atoms with Gasteiger partial charge >= 0.3 is 0 Å². The van der Waals surface area contributed by atoms with Crippen LogP contribution in [0, 0.1) is 18.6 Å². The molecule has 4 aromatic rings. The van der Waals surface area contributed by atoms with Gasteiger partial charge in [-0.3, -0.25) is 4.68 Å². The Balaban J connectivity index is 1.80. The molecule has 2 aromatic carbocycles. The zero-order valence-electron chi connectivity index (χ0n) is 14.9. The van der Waals surface area contributed by atoms with Gasteiger partial charge in [-0.1, -0.05) is 18.2 Å². The molecule has 7 heteroatoms. The van der Waals surface area contributed by atoms with Crippen LogP contribution in [-0.2, 0) is 6.54 Å². The zero-order valence-corrected chi connectivity index (χ0v) is 14.9. The second kappa shape index (κ2) is 6.75. The number of benzene rings is 2. The zero-order chi connectivity index (χ0) is 19.0. The van der Waals surface area contributed by atoms with Crippen molar-refractivity contribution in [2.75, 3.05) is 5.32 Å². The molecule has 0 saturated heterocycles. The molecule has 0 bridgehead atoms. The van der Waals surface area contributed by atoms with Gasteiger partial charge in [-0.05, 0) is 38.1 Å². The van der Waals surface area contributed by atoms with Crippen molar-refractivity contribution in [3.63, 3.8) is 0 Å². The number of hydrogen-bond donors (Lipinski definition) is 1. The van der Waals surface area contributed by atoms with Crippen LogP contribution >= 0.6 is 0 Å². The molecule has 0 atom stereocenters. The Kier molecular flexibility index (Phi) is 4.27. The van der Waals surface area contributed by atoms with Gasteiger partial charge in [-0.15, -0.1) is 0 Å². The van der Waals surface area contributed by atoms with Crippen LogP contribution in [-0.4, -0.2) is 19.7 Å². The van der Waals surface area contributed by atoms with Crippen molar-refractivity contribution in [1.82, 2.24) is 19.7 Å². The first-order valence-electron chi connectivity index (χ1n) is 8.59. The summed E-state index contributed by atoms with van der Waals surface area (Å²) in [5.41, 5.74) is 3.45. The van der Waals surface area contributed by atoms with Crippen LogP contribution in [0.2, 0.25) is 0 Å². The van der Waals surface area contributed by atoms with Crippen molar-refractivity contribution in [2.24, 2.45) is 0 Å². The van der Waals surface area contributed by atoms with Crippen LogP contribution in [0.3, 0.4) is 0 Å². The number of aryl methyl sites for hydroxylation is 2. The highest BCUT2D eigenvalue weighted by Crippen LogP contribution is 2.31. The number of rotatable bonds is 4. The predicted octanol–water partition coefficient (Wildman–Crippen LogP) is 4.84. The van der Waals surface area contributed by atoms with Gasteiger partial charge in [0.2, 0.25) is 0 Å². The molecule has 0 aliphatic rings. The number of aromatic nitrogens is 4. The molecule has 0 fully saturated rings. The number of anilines is 2. The number of para-hydroxylation sites is 1. The van der Waals surface area contributed by atoms with Crippen LogP contribution in [0.15, 0.2) is 48.7 Å². The predicted molar refractivity (Wildman–Crippen MR) is 101 cm³/mol. The fraction of sp³-hybridized carbons (Fsp3) is 0.150. The lowest BCUT2D eigenvalue weighted by molar-refractivity contribution is 0.515. The lowest BCUT2D eigenvalue weighted by Crippen LogP contribution is -2.04. The highest BCUT2D eigenvalue weighted by Gasteiger charge is 2.15. The van der Waals surface area contributed by atoms with E-state index in [9.17, 15) is 8.78 Å². The molecule has 0 radical (unpaired) electrons. The van der Waals surface area contributed by atoms with Gasteiger partial charge in [-0.2, -0.15) is 5.10 Å². The fourth-order valence-electron chi connectivity index (χ4n) is 3.02. The largest absolute Gasteiger partial charge is 0.338 e. The number of halogens is 2. The van der Waals surface area contributed by atoms with E-state index in [1.165, 1.54) is 6.07 Å². The van der Waals surface area contributed by atoms with Crippen LogP contribution in [0.1, 0.15) is 12.6 Å². The third-order valence-electron chi connectivity index (χ3n) is 4.37. The second-order valence-electron chi connectivity index (χ2n) is 6.09. The minimum Gasteiger partial charge on any atom is -0.338 e. The Morgan fingerprint density at radius 1 is 1.04 bits per heavy atom. The summed E-state index contributed by atoms with van der Waals surface area (Å²) in [6.07, 6.45) is 1.76. The third kappa shape index (κ3) is 3.01. The van der Waals surface area contributed by atoms with Crippen molar-refractivity contribution < 1.29 is 8.78 Å². The molecule has 0 aliphatic carbocycles. The third-order valence-corrected chi connectivity index (χ3v) is 4.37. The van der Waals surface area contributed by atoms with E-state index in [1.807, 2.05) is 41.9 Å². The van der Waals surface area contributed by atoms with Gasteiger partial charge < -0.3 is 5.32 Å². The number of hydrogen-bond acceptors (Lipinski definition) is 4. The first-order chi connectivity index (χ1) is 13.1. The van der Waals surface area contributed by atoms with Gasteiger partial charge in [0.05, 0.1) is 16.9 Å². The lowest BCUT2D eigenvalue weighted by atomic mass is 10.1. The fourth-order valence-corrected chi connectivity index (χ4v) is 3.02. The molecule has 5 nitrogen and oxygen atoms in total. The molecule has 2 aromatic heterocycles. The van der Waals surface area contributed by atoms with Gasteiger partial charge in [0, 0.05) is 24.0 Å². The van der Waals surface area contributed by atoms with E-state index < -0.39 is 11.6 Å². The highest BCUT2D eigenvalue weighted by molar-refractivity contribution is 5.82. The standard InChI is InChI=1S/C20H17F2N5/c1-3-27-17(10-11-23-27)13-6-4-5-7-15(13)25-20-12(2)24-19-16(26-20)9-8-14(21)18(19)22/h4-11H,3H2,1-2H3,(H,25,26). The van der Waals surface area contributed by atoms with E-state index >= 15 is 0 Å². The minimum absolute atomic E-state index is 0.0737. The Morgan fingerprint density at radius 2 is 1.85 bits per heavy atom. The van der Waals surface area contributed by atoms with Crippen molar-refractivity contribution in [3.05, 3.63) is 66.0 Å². The molecule has 2 heterocycles. The summed E-state index contributed by atoms with van der Waals surface area (Å²) in [7, 11) is 0. The molecule has 136 valence electrons. The molecule has 1 N–H and O–H groups in total. The van der Waals surface area contributed by atoms with Crippen LogP contribution in [0.4, 0.5) is 20.3 Å². The van der Waals surface area contributed by atoms with Gasteiger partial charge in [0.15, 0.2) is 17.5 Å². The maximum Gasteiger partial charge on any atom is 0.186 e. The Labute approximate surface area is 154 Å².